The molecule has 3 heteroatoms. The Hall–Kier alpha value is -1.54. The van der Waals surface area contributed by atoms with E-state index < -0.39 is 0 Å². The first-order valence-corrected chi connectivity index (χ1v) is 6.21. The maximum Gasteiger partial charge on any atom is 0.128 e. The van der Waals surface area contributed by atoms with Crippen LogP contribution in [0.5, 0.6) is 0 Å². The molecule has 0 N–H and O–H groups in total. The van der Waals surface area contributed by atoms with Crippen molar-refractivity contribution >= 4 is 34.2 Å². The molecule has 0 radical (unpaired) electrons. The van der Waals surface area contributed by atoms with Gasteiger partial charge >= 0.3 is 0 Å². The van der Waals surface area contributed by atoms with E-state index in [0.29, 0.717) is 11.3 Å². The standard InChI is InChI=1S/C14H10INO/c1-10-2-7-14(17-10)8-12(9-16)11-3-5-13(15)6-4-11/h2-8H,1H3/b12-8-. The van der Waals surface area contributed by atoms with E-state index in [2.05, 4.69) is 28.7 Å². The predicted octanol–water partition coefficient (Wildman–Crippen LogP) is 4.26. The van der Waals surface area contributed by atoms with E-state index in [4.69, 9.17) is 9.68 Å². The summed E-state index contributed by atoms with van der Waals surface area (Å²) in [5.74, 6) is 1.55. The second-order valence-electron chi connectivity index (χ2n) is 3.63. The third-order valence-corrected chi connectivity index (χ3v) is 3.04. The van der Waals surface area contributed by atoms with E-state index in [1.807, 2.05) is 43.3 Å². The number of nitrogens with zero attached hydrogens (tertiary/aromatic N) is 1. The molecule has 17 heavy (non-hydrogen) atoms. The Balaban J connectivity index is 2.37. The van der Waals surface area contributed by atoms with Crippen molar-refractivity contribution in [3.63, 3.8) is 0 Å². The molecule has 2 rings (SSSR count). The number of halogens is 1. The quantitative estimate of drug-likeness (QED) is 0.607. The zero-order chi connectivity index (χ0) is 12.3. The van der Waals surface area contributed by atoms with Gasteiger partial charge in [-0.25, -0.2) is 0 Å². The summed E-state index contributed by atoms with van der Waals surface area (Å²) in [4.78, 5) is 0. The van der Waals surface area contributed by atoms with Crippen molar-refractivity contribution in [3.05, 3.63) is 57.1 Å². The van der Waals surface area contributed by atoms with Crippen molar-refractivity contribution in [2.45, 2.75) is 6.92 Å². The first-order valence-electron chi connectivity index (χ1n) is 5.13. The summed E-state index contributed by atoms with van der Waals surface area (Å²) in [6.45, 7) is 1.88. The molecular formula is C14H10INO. The Morgan fingerprint density at radius 2 is 1.94 bits per heavy atom. The van der Waals surface area contributed by atoms with Gasteiger partial charge in [0.25, 0.3) is 0 Å². The van der Waals surface area contributed by atoms with Gasteiger partial charge in [0.1, 0.15) is 11.5 Å². The van der Waals surface area contributed by atoms with Gasteiger partial charge < -0.3 is 4.42 Å². The Morgan fingerprint density at radius 3 is 2.47 bits per heavy atom. The average Bonchev–Trinajstić information content (AvgIpc) is 2.73. The molecule has 2 nitrogen and oxygen atoms in total. The maximum absolute atomic E-state index is 9.16. The van der Waals surface area contributed by atoms with Crippen LogP contribution in [0.25, 0.3) is 11.6 Å². The molecule has 0 spiro atoms. The van der Waals surface area contributed by atoms with Crippen LogP contribution in [-0.2, 0) is 0 Å². The van der Waals surface area contributed by atoms with E-state index in [9.17, 15) is 0 Å². The SMILES string of the molecule is Cc1ccc(/C=C(/C#N)c2ccc(I)cc2)o1. The molecule has 0 bridgehead atoms. The molecule has 84 valence electrons. The van der Waals surface area contributed by atoms with Gasteiger partial charge in [-0.1, -0.05) is 12.1 Å². The molecule has 2 aromatic rings. The summed E-state index contributed by atoms with van der Waals surface area (Å²) in [5, 5.41) is 9.16. The van der Waals surface area contributed by atoms with Crippen LogP contribution >= 0.6 is 22.6 Å². The zero-order valence-electron chi connectivity index (χ0n) is 9.27. The lowest BCUT2D eigenvalue weighted by Crippen LogP contribution is -1.81. The van der Waals surface area contributed by atoms with Crippen molar-refractivity contribution in [2.75, 3.05) is 0 Å². The number of benzene rings is 1. The number of rotatable bonds is 2. The van der Waals surface area contributed by atoms with Gasteiger partial charge in [0.05, 0.1) is 11.6 Å². The van der Waals surface area contributed by atoms with Crippen molar-refractivity contribution in [3.8, 4) is 6.07 Å². The van der Waals surface area contributed by atoms with Crippen LogP contribution in [0.15, 0.2) is 40.8 Å². The lowest BCUT2D eigenvalue weighted by molar-refractivity contribution is 0.525. The number of nitriles is 1. The van der Waals surface area contributed by atoms with Crippen LogP contribution in [0.2, 0.25) is 0 Å². The monoisotopic (exact) mass is 335 g/mol. The average molecular weight is 335 g/mol. The van der Waals surface area contributed by atoms with Crippen LogP contribution in [0.4, 0.5) is 0 Å². The Morgan fingerprint density at radius 1 is 1.24 bits per heavy atom. The largest absolute Gasteiger partial charge is 0.462 e. The molecule has 0 aliphatic heterocycles. The summed E-state index contributed by atoms with van der Waals surface area (Å²) in [5.41, 5.74) is 1.51. The molecule has 0 atom stereocenters. The highest BCUT2D eigenvalue weighted by molar-refractivity contribution is 14.1. The van der Waals surface area contributed by atoms with Crippen molar-refractivity contribution < 1.29 is 4.42 Å². The van der Waals surface area contributed by atoms with E-state index in [0.717, 1.165) is 14.9 Å². The second kappa shape index (κ2) is 5.19. The third-order valence-electron chi connectivity index (χ3n) is 2.32. The fraction of sp³-hybridized carbons (Fsp3) is 0.0714. The normalized spacial score (nSPS) is 11.2. The first kappa shape index (κ1) is 11.9. The van der Waals surface area contributed by atoms with E-state index in [-0.39, 0.29) is 0 Å². The molecule has 1 aromatic heterocycles. The molecule has 1 heterocycles. The molecule has 0 fully saturated rings. The summed E-state index contributed by atoms with van der Waals surface area (Å²) in [6.07, 6.45) is 1.76. The lowest BCUT2D eigenvalue weighted by Gasteiger charge is -1.98. The van der Waals surface area contributed by atoms with Crippen LogP contribution in [0.1, 0.15) is 17.1 Å². The number of aryl methyl sites for hydroxylation is 1. The van der Waals surface area contributed by atoms with Gasteiger partial charge in [-0.05, 0) is 65.4 Å². The van der Waals surface area contributed by atoms with Gasteiger partial charge in [0.15, 0.2) is 0 Å². The summed E-state index contributed by atoms with van der Waals surface area (Å²) in [7, 11) is 0. The zero-order valence-corrected chi connectivity index (χ0v) is 11.4. The summed E-state index contributed by atoms with van der Waals surface area (Å²) >= 11 is 2.24. The van der Waals surface area contributed by atoms with Crippen LogP contribution < -0.4 is 0 Å². The van der Waals surface area contributed by atoms with Crippen molar-refractivity contribution in [1.29, 1.82) is 5.26 Å². The van der Waals surface area contributed by atoms with Crippen molar-refractivity contribution in [1.82, 2.24) is 0 Å². The molecule has 0 aliphatic rings. The van der Waals surface area contributed by atoms with Gasteiger partial charge in [-0.2, -0.15) is 5.26 Å². The number of hydrogen-bond donors (Lipinski definition) is 0. The van der Waals surface area contributed by atoms with Gasteiger partial charge in [-0.3, -0.25) is 0 Å². The molecule has 1 aromatic carbocycles. The fourth-order valence-electron chi connectivity index (χ4n) is 1.48. The van der Waals surface area contributed by atoms with Crippen LogP contribution in [-0.4, -0.2) is 0 Å². The number of furan rings is 1. The Kier molecular flexibility index (Phi) is 3.64. The highest BCUT2D eigenvalue weighted by Crippen LogP contribution is 2.19. The topological polar surface area (TPSA) is 36.9 Å². The highest BCUT2D eigenvalue weighted by Gasteiger charge is 2.02. The molecular weight excluding hydrogens is 325 g/mol. The van der Waals surface area contributed by atoms with Crippen LogP contribution in [0.3, 0.4) is 0 Å². The summed E-state index contributed by atoms with van der Waals surface area (Å²) < 4.78 is 6.58. The Labute approximate surface area is 114 Å². The highest BCUT2D eigenvalue weighted by atomic mass is 127. The molecule has 0 amide bonds. The predicted molar refractivity (Wildman–Crippen MR) is 76.1 cm³/mol. The minimum absolute atomic E-state index is 0.607. The van der Waals surface area contributed by atoms with E-state index in [1.165, 1.54) is 0 Å². The fourth-order valence-corrected chi connectivity index (χ4v) is 1.84. The summed E-state index contributed by atoms with van der Waals surface area (Å²) in [6, 6.07) is 13.8. The van der Waals surface area contributed by atoms with E-state index in [1.54, 1.807) is 6.08 Å². The van der Waals surface area contributed by atoms with Crippen LogP contribution in [0, 0.1) is 21.8 Å². The molecule has 0 aliphatic carbocycles. The molecule has 0 saturated heterocycles. The lowest BCUT2D eigenvalue weighted by atomic mass is 10.1. The minimum Gasteiger partial charge on any atom is -0.462 e. The maximum atomic E-state index is 9.16. The van der Waals surface area contributed by atoms with E-state index >= 15 is 0 Å². The van der Waals surface area contributed by atoms with Gasteiger partial charge in [-0.15, -0.1) is 0 Å². The van der Waals surface area contributed by atoms with Gasteiger partial charge in [0, 0.05) is 3.57 Å². The number of allylic oxidation sites excluding steroid dienone is 1. The first-order chi connectivity index (χ1) is 8.19. The molecule has 0 unspecified atom stereocenters. The second-order valence-corrected chi connectivity index (χ2v) is 4.87. The smallest absolute Gasteiger partial charge is 0.128 e. The minimum atomic E-state index is 0.607. The third kappa shape index (κ3) is 2.98. The molecule has 0 saturated carbocycles. The van der Waals surface area contributed by atoms with Crippen molar-refractivity contribution in [2.24, 2.45) is 0 Å². The van der Waals surface area contributed by atoms with Gasteiger partial charge in [0.2, 0.25) is 0 Å². The Bertz CT molecular complexity index is 587. The number of hydrogen-bond acceptors (Lipinski definition) is 2.